The Hall–Kier alpha value is -2.99. The molecule has 1 amide bonds. The Morgan fingerprint density at radius 2 is 1.81 bits per heavy atom. The number of nitrogens with zero attached hydrogens (tertiary/aromatic N) is 2. The van der Waals surface area contributed by atoms with Gasteiger partial charge in [0.1, 0.15) is 5.76 Å². The molecule has 0 bridgehead atoms. The van der Waals surface area contributed by atoms with Crippen molar-refractivity contribution in [2.45, 2.75) is 19.4 Å². The zero-order valence-electron chi connectivity index (χ0n) is 15.4. The summed E-state index contributed by atoms with van der Waals surface area (Å²) in [5.74, 6) is -1.52. The number of aromatic nitrogens is 1. The maximum Gasteiger partial charge on any atom is 0.295 e. The summed E-state index contributed by atoms with van der Waals surface area (Å²) in [5, 5.41) is 10.8. The molecule has 1 fully saturated rings. The molecular weight excluding hydrogens is 344 g/mol. The zero-order chi connectivity index (χ0) is 19.4. The van der Waals surface area contributed by atoms with Gasteiger partial charge in [-0.3, -0.25) is 14.6 Å². The highest BCUT2D eigenvalue weighted by molar-refractivity contribution is 6.46. The van der Waals surface area contributed by atoms with E-state index in [-0.39, 0.29) is 17.9 Å². The number of hydrogen-bond acceptors (Lipinski definition) is 5. The summed E-state index contributed by atoms with van der Waals surface area (Å²) in [6.45, 7) is 2.61. The molecule has 2 heterocycles. The normalized spacial score (nSPS) is 18.9. The van der Waals surface area contributed by atoms with E-state index in [9.17, 15) is 14.7 Å². The molecule has 3 rings (SSSR count). The van der Waals surface area contributed by atoms with E-state index in [0.29, 0.717) is 12.2 Å². The van der Waals surface area contributed by atoms with E-state index in [1.54, 1.807) is 19.2 Å². The van der Waals surface area contributed by atoms with Crippen molar-refractivity contribution in [1.29, 1.82) is 0 Å². The highest BCUT2D eigenvalue weighted by Gasteiger charge is 2.45. The Morgan fingerprint density at radius 1 is 1.15 bits per heavy atom. The van der Waals surface area contributed by atoms with Crippen LogP contribution in [-0.2, 0) is 20.7 Å². The molecule has 1 atom stereocenters. The maximum atomic E-state index is 12.7. The van der Waals surface area contributed by atoms with Crippen molar-refractivity contribution in [2.24, 2.45) is 0 Å². The zero-order valence-corrected chi connectivity index (χ0v) is 15.4. The van der Waals surface area contributed by atoms with Gasteiger partial charge in [-0.25, -0.2) is 0 Å². The number of likely N-dealkylation sites (tertiary alicyclic amines) is 1. The Kier molecular flexibility index (Phi) is 5.66. The predicted octanol–water partition coefficient (Wildman–Crippen LogP) is 2.71. The van der Waals surface area contributed by atoms with Crippen LogP contribution in [0.25, 0.3) is 5.76 Å². The number of methoxy groups -OCH3 is 1. The number of carbonyl (C=O) groups is 2. The van der Waals surface area contributed by atoms with Crippen molar-refractivity contribution in [2.75, 3.05) is 20.3 Å². The number of pyridine rings is 1. The van der Waals surface area contributed by atoms with Crippen LogP contribution in [0.4, 0.5) is 0 Å². The second-order valence-corrected chi connectivity index (χ2v) is 6.32. The third kappa shape index (κ3) is 3.61. The quantitative estimate of drug-likeness (QED) is 0.483. The van der Waals surface area contributed by atoms with E-state index < -0.39 is 17.7 Å². The molecule has 0 aliphatic carbocycles. The van der Waals surface area contributed by atoms with E-state index in [2.05, 4.69) is 11.9 Å². The number of ketones is 1. The first-order chi connectivity index (χ1) is 13.1. The highest BCUT2D eigenvalue weighted by atomic mass is 16.5. The fraction of sp³-hybridized carbons (Fsp3) is 0.286. The van der Waals surface area contributed by atoms with Gasteiger partial charge in [-0.2, -0.15) is 0 Å². The fourth-order valence-electron chi connectivity index (χ4n) is 3.25. The molecule has 6 nitrogen and oxygen atoms in total. The molecule has 0 radical (unpaired) electrons. The van der Waals surface area contributed by atoms with Gasteiger partial charge in [-0.15, -0.1) is 0 Å². The number of Topliss-reactive ketones (excluding diaryl/α,β-unsaturated/α-hetero) is 1. The van der Waals surface area contributed by atoms with Crippen molar-refractivity contribution in [3.63, 3.8) is 0 Å². The number of amides is 1. The number of ether oxygens (including phenoxy) is 1. The molecule has 6 heteroatoms. The first-order valence-corrected chi connectivity index (χ1v) is 8.85. The van der Waals surface area contributed by atoms with Crippen LogP contribution in [0.5, 0.6) is 0 Å². The molecule has 1 N–H and O–H groups in total. The topological polar surface area (TPSA) is 79.7 Å². The van der Waals surface area contributed by atoms with Gasteiger partial charge < -0.3 is 14.7 Å². The Bertz CT molecular complexity index is 860. The maximum absolute atomic E-state index is 12.7. The minimum absolute atomic E-state index is 0.0894. The van der Waals surface area contributed by atoms with Crippen LogP contribution >= 0.6 is 0 Å². The van der Waals surface area contributed by atoms with E-state index >= 15 is 0 Å². The molecule has 0 saturated carbocycles. The van der Waals surface area contributed by atoms with Crippen molar-refractivity contribution in [3.05, 3.63) is 71.1 Å². The Morgan fingerprint density at radius 3 is 2.41 bits per heavy atom. The average molecular weight is 366 g/mol. The summed E-state index contributed by atoms with van der Waals surface area (Å²) < 4.78 is 5.10. The van der Waals surface area contributed by atoms with Crippen LogP contribution in [0.1, 0.15) is 29.7 Å². The summed E-state index contributed by atoms with van der Waals surface area (Å²) in [7, 11) is 1.54. The second-order valence-electron chi connectivity index (χ2n) is 6.32. The van der Waals surface area contributed by atoms with Crippen molar-refractivity contribution in [3.8, 4) is 0 Å². The number of aryl methyl sites for hydroxylation is 1. The van der Waals surface area contributed by atoms with Crippen molar-refractivity contribution in [1.82, 2.24) is 9.88 Å². The lowest BCUT2D eigenvalue weighted by Gasteiger charge is -2.25. The SMILES string of the molecule is CCc1ccc(C2/C(=C(\O)c3ccncc3)C(=O)C(=O)N2CCOC)cc1. The van der Waals surface area contributed by atoms with Crippen LogP contribution in [-0.4, -0.2) is 46.9 Å². The lowest BCUT2D eigenvalue weighted by molar-refractivity contribution is -0.140. The molecule has 1 aliphatic rings. The molecule has 1 aromatic heterocycles. The van der Waals surface area contributed by atoms with Crippen LogP contribution < -0.4 is 0 Å². The lowest BCUT2D eigenvalue weighted by Crippen LogP contribution is -2.32. The van der Waals surface area contributed by atoms with Crippen LogP contribution in [0.3, 0.4) is 0 Å². The van der Waals surface area contributed by atoms with Crippen molar-refractivity contribution >= 4 is 17.4 Å². The third-order valence-corrected chi connectivity index (χ3v) is 4.73. The number of benzene rings is 1. The summed E-state index contributed by atoms with van der Waals surface area (Å²) in [5.41, 5.74) is 2.47. The average Bonchev–Trinajstić information content (AvgIpc) is 2.97. The molecule has 1 unspecified atom stereocenters. The molecule has 27 heavy (non-hydrogen) atoms. The molecule has 0 spiro atoms. The standard InChI is InChI=1S/C21H22N2O4/c1-3-14-4-6-15(7-5-14)18-17(19(24)16-8-10-22-11-9-16)20(25)21(26)23(18)12-13-27-2/h4-11,18,24H,3,12-13H2,1-2H3/b19-17+. The number of aliphatic hydroxyl groups excluding tert-OH is 1. The number of carbonyl (C=O) groups excluding carboxylic acids is 2. The Labute approximate surface area is 158 Å². The summed E-state index contributed by atoms with van der Waals surface area (Å²) in [6, 6.07) is 10.3. The summed E-state index contributed by atoms with van der Waals surface area (Å²) in [4.78, 5) is 30.7. The summed E-state index contributed by atoms with van der Waals surface area (Å²) in [6.07, 6.45) is 3.95. The molecule has 1 aromatic carbocycles. The van der Waals surface area contributed by atoms with E-state index in [4.69, 9.17) is 4.74 Å². The Balaban J connectivity index is 2.13. The monoisotopic (exact) mass is 366 g/mol. The van der Waals surface area contributed by atoms with Gasteiger partial charge >= 0.3 is 0 Å². The smallest absolute Gasteiger partial charge is 0.295 e. The molecule has 1 aliphatic heterocycles. The summed E-state index contributed by atoms with van der Waals surface area (Å²) >= 11 is 0. The van der Waals surface area contributed by atoms with Gasteiger partial charge in [-0.1, -0.05) is 31.2 Å². The minimum atomic E-state index is -0.690. The van der Waals surface area contributed by atoms with E-state index in [1.165, 1.54) is 17.3 Å². The predicted molar refractivity (Wildman–Crippen MR) is 101 cm³/mol. The minimum Gasteiger partial charge on any atom is -0.507 e. The van der Waals surface area contributed by atoms with E-state index in [1.807, 2.05) is 24.3 Å². The van der Waals surface area contributed by atoms with Crippen molar-refractivity contribution < 1.29 is 19.4 Å². The van der Waals surface area contributed by atoms with Gasteiger partial charge in [0.25, 0.3) is 11.7 Å². The largest absolute Gasteiger partial charge is 0.507 e. The van der Waals surface area contributed by atoms with Gasteiger partial charge in [0, 0.05) is 31.6 Å². The first kappa shape index (κ1) is 18.8. The molecular formula is C21H22N2O4. The van der Waals surface area contributed by atoms with Gasteiger partial charge in [-0.05, 0) is 29.7 Å². The highest BCUT2D eigenvalue weighted by Crippen LogP contribution is 2.39. The van der Waals surface area contributed by atoms with Gasteiger partial charge in [0.2, 0.25) is 0 Å². The number of rotatable bonds is 6. The molecule has 1 saturated heterocycles. The van der Waals surface area contributed by atoms with Gasteiger partial charge in [0.05, 0.1) is 18.2 Å². The van der Waals surface area contributed by atoms with E-state index in [0.717, 1.165) is 17.5 Å². The van der Waals surface area contributed by atoms with Crippen LogP contribution in [0, 0.1) is 0 Å². The second kappa shape index (κ2) is 8.14. The van der Waals surface area contributed by atoms with Gasteiger partial charge in [0.15, 0.2) is 0 Å². The first-order valence-electron chi connectivity index (χ1n) is 8.85. The fourth-order valence-corrected chi connectivity index (χ4v) is 3.25. The number of aliphatic hydroxyl groups is 1. The lowest BCUT2D eigenvalue weighted by atomic mass is 9.94. The van der Waals surface area contributed by atoms with Crippen LogP contribution in [0.15, 0.2) is 54.4 Å². The molecule has 140 valence electrons. The molecule has 2 aromatic rings. The van der Waals surface area contributed by atoms with Crippen LogP contribution in [0.2, 0.25) is 0 Å². The number of hydrogen-bond donors (Lipinski definition) is 1. The third-order valence-electron chi connectivity index (χ3n) is 4.73.